The van der Waals surface area contributed by atoms with Gasteiger partial charge in [-0.05, 0) is 62.7 Å². The van der Waals surface area contributed by atoms with Gasteiger partial charge in [0, 0.05) is 36.6 Å². The lowest BCUT2D eigenvalue weighted by molar-refractivity contribution is 0.0962. The van der Waals surface area contributed by atoms with E-state index in [0.717, 1.165) is 37.1 Å². The third-order valence-corrected chi connectivity index (χ3v) is 4.99. The Balaban J connectivity index is 1.51. The Kier molecular flexibility index (Phi) is 6.58. The van der Waals surface area contributed by atoms with Crippen LogP contribution in [0.1, 0.15) is 35.4 Å². The second kappa shape index (κ2) is 9.10. The Morgan fingerprint density at radius 1 is 1.37 bits per heavy atom. The van der Waals surface area contributed by atoms with Crippen LogP contribution in [0.15, 0.2) is 35.4 Å². The summed E-state index contributed by atoms with van der Waals surface area (Å²) in [5.74, 6) is -0.249. The van der Waals surface area contributed by atoms with Crippen molar-refractivity contribution >= 4 is 23.5 Å². The maximum atomic E-state index is 12.9. The molecule has 1 aliphatic heterocycles. The smallest absolute Gasteiger partial charge is 0.187 e. The quantitative estimate of drug-likeness (QED) is 0.452. The number of nitrogens with one attached hydrogen (secondary N) is 2. The van der Waals surface area contributed by atoms with Gasteiger partial charge < -0.3 is 14.6 Å². The number of hydrazone groups is 1. The van der Waals surface area contributed by atoms with Gasteiger partial charge in [-0.25, -0.2) is 4.39 Å². The Bertz CT molecular complexity index is 810. The van der Waals surface area contributed by atoms with E-state index in [0.29, 0.717) is 17.8 Å². The average Bonchev–Trinajstić information content (AvgIpc) is 3.25. The van der Waals surface area contributed by atoms with Gasteiger partial charge in [-0.2, -0.15) is 5.10 Å². The molecule has 1 fully saturated rings. The van der Waals surface area contributed by atoms with E-state index in [-0.39, 0.29) is 5.82 Å². The van der Waals surface area contributed by atoms with E-state index in [1.54, 1.807) is 18.3 Å². The Morgan fingerprint density at radius 3 is 2.85 bits per heavy atom. The molecule has 0 unspecified atom stereocenters. The molecule has 0 saturated carbocycles. The largest absolute Gasteiger partial charge is 0.376 e. The molecule has 0 radical (unpaired) electrons. The van der Waals surface area contributed by atoms with Gasteiger partial charge in [0.05, 0.1) is 12.3 Å². The minimum absolute atomic E-state index is 0.249. The fourth-order valence-corrected chi connectivity index (χ4v) is 3.34. The van der Waals surface area contributed by atoms with Gasteiger partial charge in [-0.3, -0.25) is 5.43 Å². The predicted molar refractivity (Wildman–Crippen MR) is 109 cm³/mol. The Hall–Kier alpha value is -2.25. The standard InChI is InChI=1S/C20H25FN4OS/c1-14-10-17(15(2)25(14)13-19-4-3-9-26-19)12-23-24-20(27)22-11-16-5-7-18(21)8-6-16/h5-8,10,12,19H,3-4,9,11,13H2,1-2H3,(H2,22,24,27)/b23-12-/t19-/m0/s1. The Morgan fingerprint density at radius 2 is 2.15 bits per heavy atom. The van der Waals surface area contributed by atoms with Crippen molar-refractivity contribution in [2.75, 3.05) is 6.61 Å². The zero-order valence-corrected chi connectivity index (χ0v) is 16.5. The van der Waals surface area contributed by atoms with Crippen molar-refractivity contribution in [3.8, 4) is 0 Å². The molecule has 3 rings (SSSR count). The van der Waals surface area contributed by atoms with Gasteiger partial charge in [0.15, 0.2) is 5.11 Å². The van der Waals surface area contributed by atoms with E-state index < -0.39 is 0 Å². The van der Waals surface area contributed by atoms with Gasteiger partial charge in [-0.15, -0.1) is 0 Å². The molecule has 0 aliphatic carbocycles. The second-order valence-electron chi connectivity index (χ2n) is 6.75. The van der Waals surface area contributed by atoms with Crippen LogP contribution in [-0.4, -0.2) is 28.6 Å². The van der Waals surface area contributed by atoms with Crippen LogP contribution in [0.5, 0.6) is 0 Å². The lowest BCUT2D eigenvalue weighted by Gasteiger charge is -2.14. The summed E-state index contributed by atoms with van der Waals surface area (Å²) in [5.41, 5.74) is 7.19. The maximum absolute atomic E-state index is 12.9. The molecule has 1 atom stereocenters. The van der Waals surface area contributed by atoms with Gasteiger partial charge in [-0.1, -0.05) is 12.1 Å². The van der Waals surface area contributed by atoms with Gasteiger partial charge in [0.25, 0.3) is 0 Å². The molecule has 1 aliphatic rings. The number of thiocarbonyl (C=S) groups is 1. The lowest BCUT2D eigenvalue weighted by atomic mass is 10.2. The third-order valence-electron chi connectivity index (χ3n) is 4.76. The van der Waals surface area contributed by atoms with Crippen molar-refractivity contribution in [1.29, 1.82) is 0 Å². The van der Waals surface area contributed by atoms with Gasteiger partial charge >= 0.3 is 0 Å². The fraction of sp³-hybridized carbons (Fsp3) is 0.400. The molecule has 2 heterocycles. The molecule has 0 amide bonds. The average molecular weight is 389 g/mol. The molecule has 1 aromatic heterocycles. The van der Waals surface area contributed by atoms with Crippen LogP contribution in [0.25, 0.3) is 0 Å². The van der Waals surface area contributed by atoms with Crippen molar-refractivity contribution in [2.24, 2.45) is 5.10 Å². The number of halogens is 1. The second-order valence-corrected chi connectivity index (χ2v) is 7.16. The molecular formula is C20H25FN4OS. The summed E-state index contributed by atoms with van der Waals surface area (Å²) < 4.78 is 20.9. The highest BCUT2D eigenvalue weighted by Gasteiger charge is 2.18. The lowest BCUT2D eigenvalue weighted by Crippen LogP contribution is -2.31. The third kappa shape index (κ3) is 5.37. The van der Waals surface area contributed by atoms with Crippen LogP contribution in [0, 0.1) is 19.7 Å². The number of aryl methyl sites for hydroxylation is 1. The molecule has 7 heteroatoms. The fourth-order valence-electron chi connectivity index (χ4n) is 3.22. The number of hydrogen-bond donors (Lipinski definition) is 2. The van der Waals surface area contributed by atoms with Crippen LogP contribution in [0.4, 0.5) is 4.39 Å². The number of ether oxygens (including phenoxy) is 1. The topological polar surface area (TPSA) is 50.6 Å². The zero-order chi connectivity index (χ0) is 19.2. The van der Waals surface area contributed by atoms with Gasteiger partial charge in [0.1, 0.15) is 5.82 Å². The van der Waals surface area contributed by atoms with Gasteiger partial charge in [0.2, 0.25) is 0 Å². The SMILES string of the molecule is Cc1cc(/C=N\NC(=S)NCc2ccc(F)cc2)c(C)n1C[C@@H]1CCCO1. The minimum Gasteiger partial charge on any atom is -0.376 e. The van der Waals surface area contributed by atoms with Crippen molar-refractivity contribution in [3.63, 3.8) is 0 Å². The van der Waals surface area contributed by atoms with Crippen LogP contribution in [0.3, 0.4) is 0 Å². The highest BCUT2D eigenvalue weighted by Crippen LogP contribution is 2.19. The first kappa shape index (κ1) is 19.5. The molecule has 144 valence electrons. The molecule has 1 aromatic carbocycles. The minimum atomic E-state index is -0.249. The molecule has 27 heavy (non-hydrogen) atoms. The molecule has 0 bridgehead atoms. The van der Waals surface area contributed by atoms with Crippen LogP contribution < -0.4 is 10.7 Å². The number of aromatic nitrogens is 1. The summed E-state index contributed by atoms with van der Waals surface area (Å²) >= 11 is 5.22. The summed E-state index contributed by atoms with van der Waals surface area (Å²) in [5, 5.41) is 7.70. The van der Waals surface area contributed by atoms with Crippen molar-refractivity contribution in [1.82, 2.24) is 15.3 Å². The van der Waals surface area contributed by atoms with Crippen LogP contribution >= 0.6 is 12.2 Å². The molecule has 1 saturated heterocycles. The van der Waals surface area contributed by atoms with E-state index in [9.17, 15) is 4.39 Å². The number of hydrogen-bond acceptors (Lipinski definition) is 3. The summed E-state index contributed by atoms with van der Waals surface area (Å²) in [6, 6.07) is 8.41. The number of rotatable bonds is 6. The monoisotopic (exact) mass is 388 g/mol. The maximum Gasteiger partial charge on any atom is 0.187 e. The Labute approximate surface area is 164 Å². The van der Waals surface area contributed by atoms with E-state index in [1.165, 1.54) is 23.5 Å². The van der Waals surface area contributed by atoms with E-state index in [2.05, 4.69) is 40.3 Å². The molecule has 2 N–H and O–H groups in total. The van der Waals surface area contributed by atoms with Crippen molar-refractivity contribution in [2.45, 2.75) is 45.9 Å². The first-order chi connectivity index (χ1) is 13.0. The summed E-state index contributed by atoms with van der Waals surface area (Å²) in [6.45, 7) is 6.45. The van der Waals surface area contributed by atoms with Crippen molar-refractivity contribution < 1.29 is 9.13 Å². The molecule has 5 nitrogen and oxygen atoms in total. The van der Waals surface area contributed by atoms with Crippen LogP contribution in [0.2, 0.25) is 0 Å². The van der Waals surface area contributed by atoms with Crippen molar-refractivity contribution in [3.05, 3.63) is 58.7 Å². The predicted octanol–water partition coefficient (Wildman–Crippen LogP) is 3.42. The zero-order valence-electron chi connectivity index (χ0n) is 15.7. The van der Waals surface area contributed by atoms with Crippen LogP contribution in [-0.2, 0) is 17.8 Å². The number of benzene rings is 1. The molecule has 0 spiro atoms. The van der Waals surface area contributed by atoms with E-state index >= 15 is 0 Å². The van der Waals surface area contributed by atoms with E-state index in [4.69, 9.17) is 17.0 Å². The molecular weight excluding hydrogens is 363 g/mol. The van der Waals surface area contributed by atoms with E-state index in [1.807, 2.05) is 0 Å². The molecule has 2 aromatic rings. The first-order valence-corrected chi connectivity index (χ1v) is 9.53. The first-order valence-electron chi connectivity index (χ1n) is 9.12. The highest BCUT2D eigenvalue weighted by molar-refractivity contribution is 7.80. The summed E-state index contributed by atoms with van der Waals surface area (Å²) in [6.07, 6.45) is 4.35. The normalized spacial score (nSPS) is 16.8. The number of nitrogens with zero attached hydrogens (tertiary/aromatic N) is 2. The summed E-state index contributed by atoms with van der Waals surface area (Å²) in [7, 11) is 0. The highest BCUT2D eigenvalue weighted by atomic mass is 32.1. The summed E-state index contributed by atoms with van der Waals surface area (Å²) in [4.78, 5) is 0.